The van der Waals surface area contributed by atoms with Crippen LogP contribution in [0.5, 0.6) is 5.88 Å². The summed E-state index contributed by atoms with van der Waals surface area (Å²) in [6.45, 7) is 0.638. The fourth-order valence-electron chi connectivity index (χ4n) is 0.928. The number of nitrogens with two attached hydrogens (primary N) is 1. The van der Waals surface area contributed by atoms with E-state index in [2.05, 4.69) is 4.98 Å². The lowest BCUT2D eigenvalue weighted by atomic mass is 10.5. The molecule has 0 radical (unpaired) electrons. The standard InChI is InChI=1S/C8H10Cl3N2O2PS/c1-4(2)14-16(12,17)15-8-6(10)3-5(9)7(11)13-8/h3-4H,1-2H3,(H2,12,17). The van der Waals surface area contributed by atoms with Gasteiger partial charge in [-0.2, -0.15) is 4.98 Å². The van der Waals surface area contributed by atoms with Crippen molar-refractivity contribution in [1.29, 1.82) is 0 Å². The zero-order valence-corrected chi connectivity index (χ0v) is 13.0. The Hall–Kier alpha value is 0.390. The third-order valence-electron chi connectivity index (χ3n) is 1.43. The van der Waals surface area contributed by atoms with Crippen LogP contribution in [0.15, 0.2) is 6.07 Å². The van der Waals surface area contributed by atoms with Crippen LogP contribution in [0, 0.1) is 0 Å². The van der Waals surface area contributed by atoms with Crippen molar-refractivity contribution < 1.29 is 9.05 Å². The van der Waals surface area contributed by atoms with E-state index in [0.29, 0.717) is 0 Å². The average molecular weight is 336 g/mol. The molecule has 0 aromatic carbocycles. The molecule has 96 valence electrons. The van der Waals surface area contributed by atoms with Crippen molar-refractivity contribution in [2.24, 2.45) is 5.50 Å². The summed E-state index contributed by atoms with van der Waals surface area (Å²) in [4.78, 5) is 3.85. The van der Waals surface area contributed by atoms with Gasteiger partial charge in [0.15, 0.2) is 5.15 Å². The van der Waals surface area contributed by atoms with Gasteiger partial charge in [-0.05, 0) is 31.7 Å². The minimum atomic E-state index is -2.95. The Kier molecular flexibility index (Phi) is 5.47. The number of halogens is 3. The zero-order valence-electron chi connectivity index (χ0n) is 8.99. The van der Waals surface area contributed by atoms with Crippen molar-refractivity contribution in [3.05, 3.63) is 21.3 Å². The molecule has 1 atom stereocenters. The maximum atomic E-state index is 5.87. The molecule has 4 nitrogen and oxygen atoms in total. The maximum absolute atomic E-state index is 5.87. The summed E-state index contributed by atoms with van der Waals surface area (Å²) in [5.41, 5.74) is 5.71. The average Bonchev–Trinajstić information content (AvgIpc) is 2.11. The molecule has 0 saturated carbocycles. The highest BCUT2D eigenvalue weighted by Gasteiger charge is 2.20. The number of rotatable bonds is 4. The molecular formula is C8H10Cl3N2O2PS. The molecule has 0 saturated heterocycles. The summed E-state index contributed by atoms with van der Waals surface area (Å²) in [6, 6.07) is 1.40. The molecule has 1 rings (SSSR count). The number of hydrogen-bond acceptors (Lipinski definition) is 4. The van der Waals surface area contributed by atoms with Crippen molar-refractivity contribution in [1.82, 2.24) is 4.98 Å². The van der Waals surface area contributed by atoms with Gasteiger partial charge >= 0.3 is 6.64 Å². The summed E-state index contributed by atoms with van der Waals surface area (Å²) in [7, 11) is 0. The fourth-order valence-corrected chi connectivity index (χ4v) is 3.25. The van der Waals surface area contributed by atoms with E-state index in [1.165, 1.54) is 6.07 Å². The second kappa shape index (κ2) is 6.02. The molecule has 0 aliphatic rings. The smallest absolute Gasteiger partial charge is 0.311 e. The van der Waals surface area contributed by atoms with Crippen LogP contribution in [0.25, 0.3) is 0 Å². The lowest BCUT2D eigenvalue weighted by Crippen LogP contribution is -2.11. The predicted octanol–water partition coefficient (Wildman–Crippen LogP) is 4.03. The molecule has 2 N–H and O–H groups in total. The van der Waals surface area contributed by atoms with E-state index in [0.717, 1.165) is 0 Å². The van der Waals surface area contributed by atoms with Crippen LogP contribution in [-0.4, -0.2) is 11.1 Å². The molecule has 0 aliphatic heterocycles. The molecular weight excluding hydrogens is 326 g/mol. The van der Waals surface area contributed by atoms with Crippen molar-refractivity contribution >= 4 is 53.3 Å². The van der Waals surface area contributed by atoms with Crippen LogP contribution in [0.2, 0.25) is 15.2 Å². The first-order valence-corrected chi connectivity index (χ1v) is 8.33. The minimum absolute atomic E-state index is 0.0209. The lowest BCUT2D eigenvalue weighted by molar-refractivity contribution is 0.241. The summed E-state index contributed by atoms with van der Waals surface area (Å²) in [5.74, 6) is 0.0209. The molecule has 0 aliphatic carbocycles. The van der Waals surface area contributed by atoms with Gasteiger partial charge in [-0.3, -0.25) is 0 Å². The van der Waals surface area contributed by atoms with Gasteiger partial charge in [0.25, 0.3) is 0 Å². The largest absolute Gasteiger partial charge is 0.413 e. The van der Waals surface area contributed by atoms with Crippen LogP contribution >= 0.6 is 41.4 Å². The number of nitrogens with zero attached hydrogens (tertiary/aromatic N) is 1. The third-order valence-corrected chi connectivity index (χ3v) is 3.99. The summed E-state index contributed by atoms with van der Waals surface area (Å²) in [5, 5.41) is 0.455. The van der Waals surface area contributed by atoms with Gasteiger partial charge in [-0.25, -0.2) is 5.50 Å². The van der Waals surface area contributed by atoms with Crippen LogP contribution in [0.4, 0.5) is 0 Å². The molecule has 1 unspecified atom stereocenters. The van der Waals surface area contributed by atoms with E-state index < -0.39 is 6.64 Å². The Morgan fingerprint density at radius 3 is 2.47 bits per heavy atom. The first-order chi connectivity index (χ1) is 7.71. The highest BCUT2D eigenvalue weighted by atomic mass is 35.5. The van der Waals surface area contributed by atoms with Crippen molar-refractivity contribution in [2.45, 2.75) is 20.0 Å². The number of aromatic nitrogens is 1. The quantitative estimate of drug-likeness (QED) is 0.665. The third kappa shape index (κ3) is 4.87. The Morgan fingerprint density at radius 2 is 1.94 bits per heavy atom. The molecule has 0 spiro atoms. The summed E-state index contributed by atoms with van der Waals surface area (Å²) in [6.07, 6.45) is -0.160. The van der Waals surface area contributed by atoms with E-state index >= 15 is 0 Å². The predicted molar refractivity (Wildman–Crippen MR) is 74.6 cm³/mol. The normalized spacial score (nSPS) is 14.8. The van der Waals surface area contributed by atoms with Crippen molar-refractivity contribution in [3.63, 3.8) is 0 Å². The van der Waals surface area contributed by atoms with Crippen molar-refractivity contribution in [3.8, 4) is 5.88 Å². The zero-order chi connectivity index (χ0) is 13.2. The highest BCUT2D eigenvalue weighted by molar-refractivity contribution is 8.09. The van der Waals surface area contributed by atoms with Gasteiger partial charge in [0, 0.05) is 0 Å². The SMILES string of the molecule is CC(C)OP(N)(=S)Oc1nc(Cl)c(Cl)cc1Cl. The first kappa shape index (κ1) is 15.4. The Balaban J connectivity index is 2.96. The van der Waals surface area contributed by atoms with Gasteiger partial charge in [0.2, 0.25) is 5.88 Å². The van der Waals surface area contributed by atoms with Gasteiger partial charge in [0.1, 0.15) is 5.02 Å². The molecule has 17 heavy (non-hydrogen) atoms. The fraction of sp³-hybridized carbons (Fsp3) is 0.375. The van der Waals surface area contributed by atoms with Crippen molar-refractivity contribution in [2.75, 3.05) is 0 Å². The van der Waals surface area contributed by atoms with Gasteiger partial charge in [-0.15, -0.1) is 0 Å². The second-order valence-corrected chi connectivity index (χ2v) is 7.51. The molecule has 1 heterocycles. The monoisotopic (exact) mass is 334 g/mol. The van der Waals surface area contributed by atoms with Crippen LogP contribution in [0.3, 0.4) is 0 Å². The Morgan fingerprint density at radius 1 is 1.35 bits per heavy atom. The summed E-state index contributed by atoms with van der Waals surface area (Å²) < 4.78 is 10.5. The minimum Gasteiger partial charge on any atom is -0.413 e. The van der Waals surface area contributed by atoms with Crippen LogP contribution in [-0.2, 0) is 16.3 Å². The van der Waals surface area contributed by atoms with Gasteiger partial charge in [0.05, 0.1) is 11.1 Å². The van der Waals surface area contributed by atoms with Crippen LogP contribution < -0.4 is 10.0 Å². The van der Waals surface area contributed by atoms with E-state index in [-0.39, 0.29) is 27.2 Å². The van der Waals surface area contributed by atoms with Gasteiger partial charge in [-0.1, -0.05) is 34.8 Å². The molecule has 0 amide bonds. The van der Waals surface area contributed by atoms with E-state index in [1.54, 1.807) is 13.8 Å². The molecule has 0 fully saturated rings. The Labute approximate surface area is 120 Å². The van der Waals surface area contributed by atoms with E-state index in [9.17, 15) is 0 Å². The summed E-state index contributed by atoms with van der Waals surface area (Å²) >= 11 is 22.3. The molecule has 0 bridgehead atoms. The van der Waals surface area contributed by atoms with E-state index in [1.807, 2.05) is 0 Å². The van der Waals surface area contributed by atoms with Gasteiger partial charge < -0.3 is 9.05 Å². The molecule has 1 aromatic rings. The highest BCUT2D eigenvalue weighted by Crippen LogP contribution is 2.44. The topological polar surface area (TPSA) is 57.4 Å². The number of hydrogen-bond donors (Lipinski definition) is 1. The molecule has 9 heteroatoms. The maximum Gasteiger partial charge on any atom is 0.311 e. The number of pyridine rings is 1. The lowest BCUT2D eigenvalue weighted by Gasteiger charge is -2.20. The first-order valence-electron chi connectivity index (χ1n) is 4.49. The second-order valence-electron chi connectivity index (χ2n) is 3.33. The molecule has 1 aromatic heterocycles. The van der Waals surface area contributed by atoms with Crippen LogP contribution in [0.1, 0.15) is 13.8 Å². The Bertz CT molecular complexity index is 472. The van der Waals surface area contributed by atoms with E-state index in [4.69, 9.17) is 61.2 Å².